The maximum Gasteiger partial charge on any atom is 0.303 e. The first-order valence-electron chi connectivity index (χ1n) is 6.12. The molecule has 0 aliphatic heterocycles. The van der Waals surface area contributed by atoms with Crippen LogP contribution in [0.2, 0.25) is 5.02 Å². The molecule has 4 heteroatoms. The fourth-order valence-electron chi connectivity index (χ4n) is 1.96. The number of nitrogens with zero attached hydrogens (tertiary/aromatic N) is 1. The average Bonchev–Trinajstić information content (AvgIpc) is 2.27. The molecule has 0 aromatic heterocycles. The van der Waals surface area contributed by atoms with E-state index in [1.165, 1.54) is 5.56 Å². The van der Waals surface area contributed by atoms with Crippen LogP contribution in [-0.2, 0) is 11.2 Å². The highest BCUT2D eigenvalue weighted by atomic mass is 35.5. The number of carboxylic acid groups (broad SMARTS) is 1. The molecule has 0 amide bonds. The summed E-state index contributed by atoms with van der Waals surface area (Å²) in [6.45, 7) is 3.69. The second-order valence-corrected chi connectivity index (χ2v) is 5.28. The Morgan fingerprint density at radius 2 is 2.00 bits per heavy atom. The van der Waals surface area contributed by atoms with Gasteiger partial charge >= 0.3 is 5.97 Å². The molecule has 0 bridgehead atoms. The fourth-order valence-corrected chi connectivity index (χ4v) is 2.08. The molecular weight excluding hydrogens is 250 g/mol. The van der Waals surface area contributed by atoms with E-state index in [2.05, 4.69) is 4.90 Å². The quantitative estimate of drug-likeness (QED) is 0.827. The van der Waals surface area contributed by atoms with Gasteiger partial charge in [0, 0.05) is 24.5 Å². The minimum absolute atomic E-state index is 0.178. The molecule has 0 spiro atoms. The van der Waals surface area contributed by atoms with E-state index >= 15 is 0 Å². The Hall–Kier alpha value is -1.06. The second-order valence-electron chi connectivity index (χ2n) is 4.84. The Morgan fingerprint density at radius 3 is 2.56 bits per heavy atom. The Kier molecular flexibility index (Phi) is 6.16. The van der Waals surface area contributed by atoms with Crippen molar-refractivity contribution in [1.29, 1.82) is 0 Å². The number of carboxylic acids is 1. The SMILES string of the molecule is CC(CC(=O)O)CN(C)CCc1ccc(Cl)cc1. The monoisotopic (exact) mass is 269 g/mol. The van der Waals surface area contributed by atoms with Gasteiger partial charge in [0.05, 0.1) is 0 Å². The first-order valence-corrected chi connectivity index (χ1v) is 6.50. The van der Waals surface area contributed by atoms with E-state index in [1.807, 2.05) is 38.2 Å². The molecule has 1 aromatic rings. The summed E-state index contributed by atoms with van der Waals surface area (Å²) in [7, 11) is 2.02. The number of likely N-dealkylation sites (N-methyl/N-ethyl adjacent to an activating group) is 1. The molecule has 0 heterocycles. The van der Waals surface area contributed by atoms with Crippen molar-refractivity contribution >= 4 is 17.6 Å². The standard InChI is InChI=1S/C14H20ClNO2/c1-11(9-14(17)18)10-16(2)8-7-12-3-5-13(15)6-4-12/h3-6,11H,7-10H2,1-2H3,(H,17,18). The molecule has 1 unspecified atom stereocenters. The Bertz CT molecular complexity index is 378. The van der Waals surface area contributed by atoms with Crippen LogP contribution in [0, 0.1) is 5.92 Å². The van der Waals surface area contributed by atoms with Crippen LogP contribution >= 0.6 is 11.6 Å². The highest BCUT2D eigenvalue weighted by molar-refractivity contribution is 6.30. The highest BCUT2D eigenvalue weighted by Gasteiger charge is 2.10. The predicted octanol–water partition coefficient (Wildman–Crippen LogP) is 2.93. The number of carbonyl (C=O) groups is 1. The summed E-state index contributed by atoms with van der Waals surface area (Å²) >= 11 is 5.83. The number of hydrogen-bond acceptors (Lipinski definition) is 2. The van der Waals surface area contributed by atoms with Gasteiger partial charge in [-0.3, -0.25) is 4.79 Å². The average molecular weight is 270 g/mol. The molecule has 0 aliphatic rings. The van der Waals surface area contributed by atoms with Crippen LogP contribution in [0.3, 0.4) is 0 Å². The summed E-state index contributed by atoms with van der Waals surface area (Å²) in [5.41, 5.74) is 1.25. The summed E-state index contributed by atoms with van der Waals surface area (Å²) in [4.78, 5) is 12.7. The van der Waals surface area contributed by atoms with Gasteiger partial charge in [-0.2, -0.15) is 0 Å². The van der Waals surface area contributed by atoms with Crippen molar-refractivity contribution in [2.24, 2.45) is 5.92 Å². The number of halogens is 1. The number of aliphatic carboxylic acids is 1. The van der Waals surface area contributed by atoms with Crippen LogP contribution < -0.4 is 0 Å². The lowest BCUT2D eigenvalue weighted by Gasteiger charge is -2.20. The van der Waals surface area contributed by atoms with Crippen molar-refractivity contribution in [1.82, 2.24) is 4.90 Å². The van der Waals surface area contributed by atoms with Crippen LogP contribution in [0.5, 0.6) is 0 Å². The predicted molar refractivity (Wildman–Crippen MR) is 74.1 cm³/mol. The van der Waals surface area contributed by atoms with Crippen molar-refractivity contribution in [3.8, 4) is 0 Å². The lowest BCUT2D eigenvalue weighted by molar-refractivity contribution is -0.138. The zero-order valence-electron chi connectivity index (χ0n) is 10.9. The Labute approximate surface area is 113 Å². The molecule has 0 radical (unpaired) electrons. The van der Waals surface area contributed by atoms with Crippen molar-refractivity contribution < 1.29 is 9.90 Å². The summed E-state index contributed by atoms with van der Waals surface area (Å²) < 4.78 is 0. The van der Waals surface area contributed by atoms with Crippen molar-refractivity contribution in [2.75, 3.05) is 20.1 Å². The molecule has 100 valence electrons. The largest absolute Gasteiger partial charge is 0.481 e. The Balaban J connectivity index is 2.30. The molecule has 0 saturated heterocycles. The molecule has 1 N–H and O–H groups in total. The third-order valence-electron chi connectivity index (χ3n) is 2.84. The van der Waals surface area contributed by atoms with E-state index in [-0.39, 0.29) is 12.3 Å². The summed E-state index contributed by atoms with van der Waals surface area (Å²) in [6, 6.07) is 7.83. The number of rotatable bonds is 7. The van der Waals surface area contributed by atoms with Crippen molar-refractivity contribution in [2.45, 2.75) is 19.8 Å². The van der Waals surface area contributed by atoms with Crippen LogP contribution in [0.25, 0.3) is 0 Å². The third kappa shape index (κ3) is 6.03. The molecular formula is C14H20ClNO2. The van der Waals surface area contributed by atoms with Crippen LogP contribution in [-0.4, -0.2) is 36.1 Å². The smallest absolute Gasteiger partial charge is 0.303 e. The second kappa shape index (κ2) is 7.39. The first-order chi connectivity index (χ1) is 8.47. The van der Waals surface area contributed by atoms with E-state index in [9.17, 15) is 4.79 Å². The van der Waals surface area contributed by atoms with Gasteiger partial charge < -0.3 is 10.0 Å². The van der Waals surface area contributed by atoms with Crippen LogP contribution in [0.1, 0.15) is 18.9 Å². The molecule has 0 fully saturated rings. The van der Waals surface area contributed by atoms with E-state index in [0.717, 1.165) is 24.5 Å². The molecule has 18 heavy (non-hydrogen) atoms. The summed E-state index contributed by atoms with van der Waals surface area (Å²) in [5, 5.41) is 9.45. The fraction of sp³-hybridized carbons (Fsp3) is 0.500. The minimum atomic E-state index is -0.728. The van der Waals surface area contributed by atoms with Gasteiger partial charge in [-0.05, 0) is 37.1 Å². The molecule has 0 aliphatic carbocycles. The lowest BCUT2D eigenvalue weighted by atomic mass is 10.1. The topological polar surface area (TPSA) is 40.5 Å². The van der Waals surface area contributed by atoms with E-state index in [4.69, 9.17) is 16.7 Å². The molecule has 0 saturated carbocycles. The van der Waals surface area contributed by atoms with Crippen molar-refractivity contribution in [3.05, 3.63) is 34.9 Å². The molecule has 3 nitrogen and oxygen atoms in total. The summed E-state index contributed by atoms with van der Waals surface area (Å²) in [5.74, 6) is -0.550. The zero-order chi connectivity index (χ0) is 13.5. The maximum atomic E-state index is 10.6. The van der Waals surface area contributed by atoms with Crippen LogP contribution in [0.15, 0.2) is 24.3 Å². The van der Waals surface area contributed by atoms with Gasteiger partial charge in [0.1, 0.15) is 0 Å². The van der Waals surface area contributed by atoms with Gasteiger partial charge in [-0.1, -0.05) is 30.7 Å². The molecule has 1 rings (SSSR count). The van der Waals surface area contributed by atoms with E-state index < -0.39 is 5.97 Å². The van der Waals surface area contributed by atoms with Crippen LogP contribution in [0.4, 0.5) is 0 Å². The van der Waals surface area contributed by atoms with Gasteiger partial charge in [0.15, 0.2) is 0 Å². The van der Waals surface area contributed by atoms with Gasteiger partial charge in [-0.15, -0.1) is 0 Å². The van der Waals surface area contributed by atoms with Crippen molar-refractivity contribution in [3.63, 3.8) is 0 Å². The highest BCUT2D eigenvalue weighted by Crippen LogP contribution is 2.10. The van der Waals surface area contributed by atoms with Gasteiger partial charge in [0.25, 0.3) is 0 Å². The third-order valence-corrected chi connectivity index (χ3v) is 3.09. The van der Waals surface area contributed by atoms with E-state index in [1.54, 1.807) is 0 Å². The molecule has 1 aromatic carbocycles. The number of hydrogen-bond donors (Lipinski definition) is 1. The minimum Gasteiger partial charge on any atom is -0.481 e. The number of benzene rings is 1. The maximum absolute atomic E-state index is 10.6. The molecule has 1 atom stereocenters. The lowest BCUT2D eigenvalue weighted by Crippen LogP contribution is -2.27. The first kappa shape index (κ1) is 15.0. The summed E-state index contributed by atoms with van der Waals surface area (Å²) in [6.07, 6.45) is 1.18. The zero-order valence-corrected chi connectivity index (χ0v) is 11.7. The normalized spacial score (nSPS) is 12.7. The Morgan fingerprint density at radius 1 is 1.39 bits per heavy atom. The van der Waals surface area contributed by atoms with Gasteiger partial charge in [-0.25, -0.2) is 0 Å². The van der Waals surface area contributed by atoms with Gasteiger partial charge in [0.2, 0.25) is 0 Å². The van der Waals surface area contributed by atoms with E-state index in [0.29, 0.717) is 0 Å².